The van der Waals surface area contributed by atoms with E-state index in [0.717, 1.165) is 40.8 Å². The quantitative estimate of drug-likeness (QED) is 0.775. The zero-order chi connectivity index (χ0) is 13.1. The maximum Gasteiger partial charge on any atom is 0.160 e. The van der Waals surface area contributed by atoms with Crippen LogP contribution in [-0.4, -0.2) is 20.4 Å². The van der Waals surface area contributed by atoms with Gasteiger partial charge in [0, 0.05) is 29.5 Å². The molecule has 0 N–H and O–H groups in total. The number of hydrogen-bond donors (Lipinski definition) is 0. The lowest BCUT2D eigenvalue weighted by atomic mass is 10.1. The molecule has 5 heteroatoms. The average molecular weight is 331 g/mol. The number of imidazole rings is 1. The van der Waals surface area contributed by atoms with Crippen molar-refractivity contribution in [3.63, 3.8) is 0 Å². The van der Waals surface area contributed by atoms with Gasteiger partial charge in [-0.1, -0.05) is 13.8 Å². The molecule has 0 radical (unpaired) electrons. The highest BCUT2D eigenvalue weighted by atomic mass is 79.9. The van der Waals surface area contributed by atoms with E-state index in [-0.39, 0.29) is 0 Å². The van der Waals surface area contributed by atoms with Crippen molar-refractivity contribution in [3.8, 4) is 0 Å². The Balaban J connectivity index is 2.41. The second kappa shape index (κ2) is 6.02. The van der Waals surface area contributed by atoms with Crippen LogP contribution in [0.4, 0.5) is 0 Å². The van der Waals surface area contributed by atoms with Crippen molar-refractivity contribution in [1.29, 1.82) is 0 Å². The molecule has 2 aromatic rings. The molecule has 2 aromatic heterocycles. The maximum absolute atomic E-state index is 5.85. The third kappa shape index (κ3) is 3.04. The van der Waals surface area contributed by atoms with E-state index in [1.165, 1.54) is 0 Å². The predicted molar refractivity (Wildman–Crippen MR) is 79.1 cm³/mol. The highest BCUT2D eigenvalue weighted by molar-refractivity contribution is 9.10. The standard InChI is InChI=1S/C13H17BrClN3/c1-9(2)4-6-18-12(3-5-15)17-11-7-10(14)8-16-13(11)18/h7-9H,3-6H2,1-2H3. The monoisotopic (exact) mass is 329 g/mol. The molecule has 98 valence electrons. The second-order valence-corrected chi connectivity index (χ2v) is 6.09. The molecule has 0 fully saturated rings. The molecule has 0 atom stereocenters. The van der Waals surface area contributed by atoms with Crippen LogP contribution in [0.15, 0.2) is 16.7 Å². The zero-order valence-electron chi connectivity index (χ0n) is 10.7. The lowest BCUT2D eigenvalue weighted by molar-refractivity contribution is 0.512. The zero-order valence-corrected chi connectivity index (χ0v) is 13.0. The summed E-state index contributed by atoms with van der Waals surface area (Å²) < 4.78 is 3.16. The first-order valence-corrected chi connectivity index (χ1v) is 7.51. The Morgan fingerprint density at radius 2 is 2.22 bits per heavy atom. The van der Waals surface area contributed by atoms with Gasteiger partial charge in [-0.05, 0) is 34.3 Å². The number of halogens is 2. The van der Waals surface area contributed by atoms with Gasteiger partial charge in [0.1, 0.15) is 11.3 Å². The van der Waals surface area contributed by atoms with Gasteiger partial charge in [0.2, 0.25) is 0 Å². The van der Waals surface area contributed by atoms with Crippen LogP contribution >= 0.6 is 27.5 Å². The number of pyridine rings is 1. The molecule has 3 nitrogen and oxygen atoms in total. The summed E-state index contributed by atoms with van der Waals surface area (Å²) in [5.74, 6) is 2.29. The van der Waals surface area contributed by atoms with Crippen molar-refractivity contribution in [2.75, 3.05) is 5.88 Å². The summed E-state index contributed by atoms with van der Waals surface area (Å²) in [6, 6.07) is 2.01. The summed E-state index contributed by atoms with van der Waals surface area (Å²) in [7, 11) is 0. The van der Waals surface area contributed by atoms with Gasteiger partial charge in [-0.15, -0.1) is 11.6 Å². The number of aromatic nitrogens is 3. The topological polar surface area (TPSA) is 30.7 Å². The third-order valence-electron chi connectivity index (χ3n) is 2.88. The average Bonchev–Trinajstić information content (AvgIpc) is 2.63. The Morgan fingerprint density at radius 3 is 2.89 bits per heavy atom. The van der Waals surface area contributed by atoms with Crippen molar-refractivity contribution in [3.05, 3.63) is 22.6 Å². The minimum Gasteiger partial charge on any atom is -0.313 e. The van der Waals surface area contributed by atoms with Gasteiger partial charge in [0.25, 0.3) is 0 Å². The number of aryl methyl sites for hydroxylation is 2. The fraction of sp³-hybridized carbons (Fsp3) is 0.538. The smallest absolute Gasteiger partial charge is 0.160 e. The summed E-state index contributed by atoms with van der Waals surface area (Å²) in [5, 5.41) is 0. The first kappa shape index (κ1) is 13.8. The van der Waals surface area contributed by atoms with Gasteiger partial charge in [-0.3, -0.25) is 0 Å². The number of alkyl halides is 1. The molecule has 0 aliphatic carbocycles. The van der Waals surface area contributed by atoms with E-state index in [9.17, 15) is 0 Å². The largest absolute Gasteiger partial charge is 0.313 e. The van der Waals surface area contributed by atoms with Gasteiger partial charge in [0.05, 0.1) is 0 Å². The van der Waals surface area contributed by atoms with E-state index in [1.54, 1.807) is 0 Å². The Morgan fingerprint density at radius 1 is 1.44 bits per heavy atom. The molecule has 0 aliphatic rings. The van der Waals surface area contributed by atoms with Gasteiger partial charge < -0.3 is 4.57 Å². The molecule has 2 rings (SSSR count). The van der Waals surface area contributed by atoms with Crippen LogP contribution in [0.3, 0.4) is 0 Å². The van der Waals surface area contributed by atoms with Gasteiger partial charge in [-0.2, -0.15) is 0 Å². The van der Waals surface area contributed by atoms with Gasteiger partial charge >= 0.3 is 0 Å². The first-order chi connectivity index (χ1) is 8.61. The third-order valence-corrected chi connectivity index (χ3v) is 3.50. The predicted octanol–water partition coefficient (Wildman–Crippen LogP) is 4.02. The van der Waals surface area contributed by atoms with Gasteiger partial charge in [-0.25, -0.2) is 9.97 Å². The van der Waals surface area contributed by atoms with E-state index in [0.29, 0.717) is 11.8 Å². The maximum atomic E-state index is 5.85. The van der Waals surface area contributed by atoms with Crippen LogP contribution in [0.1, 0.15) is 26.1 Å². The van der Waals surface area contributed by atoms with Crippen LogP contribution in [0.2, 0.25) is 0 Å². The molecule has 0 saturated carbocycles. The Bertz CT molecular complexity index is 536. The van der Waals surface area contributed by atoms with E-state index in [1.807, 2.05) is 12.3 Å². The molecular weight excluding hydrogens is 314 g/mol. The second-order valence-electron chi connectivity index (χ2n) is 4.80. The van der Waals surface area contributed by atoms with Crippen molar-refractivity contribution < 1.29 is 0 Å². The van der Waals surface area contributed by atoms with E-state index < -0.39 is 0 Å². The van der Waals surface area contributed by atoms with E-state index >= 15 is 0 Å². The Hall–Kier alpha value is -0.610. The minimum atomic E-state index is 0.589. The van der Waals surface area contributed by atoms with Crippen LogP contribution in [0, 0.1) is 5.92 Å². The fourth-order valence-corrected chi connectivity index (χ4v) is 2.42. The SMILES string of the molecule is CC(C)CCn1c(CCCl)nc2cc(Br)cnc21. The molecule has 0 saturated heterocycles. The lowest BCUT2D eigenvalue weighted by Crippen LogP contribution is -2.07. The van der Waals surface area contributed by atoms with E-state index in [2.05, 4.69) is 44.3 Å². The van der Waals surface area contributed by atoms with Crippen molar-refractivity contribution in [1.82, 2.24) is 14.5 Å². The van der Waals surface area contributed by atoms with Crippen molar-refractivity contribution in [2.24, 2.45) is 5.92 Å². The fourth-order valence-electron chi connectivity index (χ4n) is 1.93. The Labute approximate surface area is 121 Å². The molecule has 0 aromatic carbocycles. The molecule has 18 heavy (non-hydrogen) atoms. The highest BCUT2D eigenvalue weighted by Gasteiger charge is 2.12. The van der Waals surface area contributed by atoms with Crippen molar-refractivity contribution in [2.45, 2.75) is 33.2 Å². The molecule has 0 amide bonds. The van der Waals surface area contributed by atoms with Crippen molar-refractivity contribution >= 4 is 38.7 Å². The highest BCUT2D eigenvalue weighted by Crippen LogP contribution is 2.20. The number of nitrogens with zero attached hydrogens (tertiary/aromatic N) is 3. The van der Waals surface area contributed by atoms with Crippen LogP contribution in [0.5, 0.6) is 0 Å². The van der Waals surface area contributed by atoms with Crippen LogP contribution in [-0.2, 0) is 13.0 Å². The molecular formula is C13H17BrClN3. The summed E-state index contributed by atoms with van der Waals surface area (Å²) >= 11 is 9.28. The van der Waals surface area contributed by atoms with Gasteiger partial charge in [0.15, 0.2) is 5.65 Å². The summed E-state index contributed by atoms with van der Waals surface area (Å²) in [6.45, 7) is 5.41. The summed E-state index contributed by atoms with van der Waals surface area (Å²) in [6.07, 6.45) is 3.73. The number of fused-ring (bicyclic) bond motifs is 1. The molecule has 0 unspecified atom stereocenters. The molecule has 2 heterocycles. The molecule has 0 spiro atoms. The molecule has 0 bridgehead atoms. The van der Waals surface area contributed by atoms with Crippen LogP contribution in [0.25, 0.3) is 11.2 Å². The van der Waals surface area contributed by atoms with E-state index in [4.69, 9.17) is 11.6 Å². The normalized spacial score (nSPS) is 11.6. The van der Waals surface area contributed by atoms with Crippen LogP contribution < -0.4 is 0 Å². The lowest BCUT2D eigenvalue weighted by Gasteiger charge is -2.09. The first-order valence-electron chi connectivity index (χ1n) is 6.18. The number of hydrogen-bond acceptors (Lipinski definition) is 2. The molecule has 0 aliphatic heterocycles. The number of rotatable bonds is 5. The summed E-state index contributed by atoms with van der Waals surface area (Å²) in [5.41, 5.74) is 1.90. The Kier molecular flexibility index (Phi) is 4.62. The summed E-state index contributed by atoms with van der Waals surface area (Å²) in [4.78, 5) is 9.10. The minimum absolute atomic E-state index is 0.589.